The molecule has 1 unspecified atom stereocenters. The molecule has 2 heteroatoms. The Morgan fingerprint density at radius 1 is 1.07 bits per heavy atom. The molecule has 3 rings (SSSR count). The van der Waals surface area contributed by atoms with Crippen LogP contribution >= 0.6 is 0 Å². The zero-order valence-corrected chi connectivity index (χ0v) is 9.50. The minimum Gasteiger partial charge on any atom is -0.396 e. The molecule has 1 aliphatic heterocycles. The van der Waals surface area contributed by atoms with Crippen molar-refractivity contribution in [1.82, 2.24) is 0 Å². The standard InChI is InChI=1S/C13H22O2/c14-10-12(7-8-12)9-11-3-6-13(15-11)4-1-2-5-13/h11,14H,1-10H2. The molecule has 0 bridgehead atoms. The summed E-state index contributed by atoms with van der Waals surface area (Å²) < 4.78 is 6.28. The van der Waals surface area contributed by atoms with Crippen molar-refractivity contribution >= 4 is 0 Å². The van der Waals surface area contributed by atoms with Gasteiger partial charge in [0, 0.05) is 6.61 Å². The predicted molar refractivity (Wildman–Crippen MR) is 58.7 cm³/mol. The van der Waals surface area contributed by atoms with Crippen LogP contribution in [0.3, 0.4) is 0 Å². The Kier molecular flexibility index (Phi) is 2.33. The van der Waals surface area contributed by atoms with Crippen LogP contribution in [-0.4, -0.2) is 23.4 Å². The summed E-state index contributed by atoms with van der Waals surface area (Å²) in [7, 11) is 0. The van der Waals surface area contributed by atoms with Crippen molar-refractivity contribution < 1.29 is 9.84 Å². The number of aliphatic hydroxyl groups is 1. The predicted octanol–water partition coefficient (Wildman–Crippen LogP) is 2.64. The Morgan fingerprint density at radius 3 is 2.40 bits per heavy atom. The molecule has 1 saturated heterocycles. The number of rotatable bonds is 3. The first kappa shape index (κ1) is 10.1. The van der Waals surface area contributed by atoms with E-state index in [1.54, 1.807) is 0 Å². The Labute approximate surface area is 92.0 Å². The summed E-state index contributed by atoms with van der Waals surface area (Å²) >= 11 is 0. The first-order valence-corrected chi connectivity index (χ1v) is 6.55. The average Bonchev–Trinajstić information content (AvgIpc) is 2.71. The largest absolute Gasteiger partial charge is 0.396 e. The first-order valence-electron chi connectivity index (χ1n) is 6.55. The molecule has 0 aromatic rings. The lowest BCUT2D eigenvalue weighted by Gasteiger charge is -2.25. The highest BCUT2D eigenvalue weighted by Gasteiger charge is 2.48. The van der Waals surface area contributed by atoms with Crippen molar-refractivity contribution in [2.45, 2.75) is 69.5 Å². The smallest absolute Gasteiger partial charge is 0.0687 e. The van der Waals surface area contributed by atoms with Crippen molar-refractivity contribution in [3.63, 3.8) is 0 Å². The number of hydrogen-bond acceptors (Lipinski definition) is 2. The van der Waals surface area contributed by atoms with Gasteiger partial charge in [-0.3, -0.25) is 0 Å². The third kappa shape index (κ3) is 1.83. The normalized spacial score (nSPS) is 36.2. The summed E-state index contributed by atoms with van der Waals surface area (Å²) in [6, 6.07) is 0. The van der Waals surface area contributed by atoms with Gasteiger partial charge in [-0.25, -0.2) is 0 Å². The van der Waals surface area contributed by atoms with E-state index >= 15 is 0 Å². The van der Waals surface area contributed by atoms with E-state index in [1.165, 1.54) is 51.4 Å². The minimum atomic E-state index is 0.273. The Morgan fingerprint density at radius 2 is 1.80 bits per heavy atom. The van der Waals surface area contributed by atoms with Gasteiger partial charge in [0.1, 0.15) is 0 Å². The Hall–Kier alpha value is -0.0800. The van der Waals surface area contributed by atoms with E-state index in [4.69, 9.17) is 4.74 Å². The number of aliphatic hydroxyl groups excluding tert-OH is 1. The van der Waals surface area contributed by atoms with E-state index in [1.807, 2.05) is 0 Å². The van der Waals surface area contributed by atoms with Crippen LogP contribution in [-0.2, 0) is 4.74 Å². The zero-order valence-electron chi connectivity index (χ0n) is 9.50. The van der Waals surface area contributed by atoms with Crippen LogP contribution in [0.25, 0.3) is 0 Å². The maximum Gasteiger partial charge on any atom is 0.0687 e. The summed E-state index contributed by atoms with van der Waals surface area (Å²) in [5.74, 6) is 0. The van der Waals surface area contributed by atoms with E-state index in [-0.39, 0.29) is 11.0 Å². The molecule has 0 amide bonds. The minimum absolute atomic E-state index is 0.273. The molecule has 0 aromatic heterocycles. The van der Waals surface area contributed by atoms with Gasteiger partial charge in [0.05, 0.1) is 11.7 Å². The fraction of sp³-hybridized carbons (Fsp3) is 1.00. The molecule has 0 aromatic carbocycles. The van der Waals surface area contributed by atoms with Crippen molar-refractivity contribution in [3.05, 3.63) is 0 Å². The van der Waals surface area contributed by atoms with Gasteiger partial charge in [0.15, 0.2) is 0 Å². The molecule has 1 atom stereocenters. The molecule has 2 aliphatic carbocycles. The second-order valence-electron chi connectivity index (χ2n) is 6.03. The quantitative estimate of drug-likeness (QED) is 0.776. The van der Waals surface area contributed by atoms with Crippen LogP contribution in [0.1, 0.15) is 57.8 Å². The van der Waals surface area contributed by atoms with Gasteiger partial charge in [-0.05, 0) is 50.4 Å². The van der Waals surface area contributed by atoms with E-state index < -0.39 is 0 Å². The van der Waals surface area contributed by atoms with Gasteiger partial charge < -0.3 is 9.84 Å². The highest BCUT2D eigenvalue weighted by Crippen LogP contribution is 2.53. The molecule has 1 N–H and O–H groups in total. The molecule has 1 heterocycles. The molecule has 2 nitrogen and oxygen atoms in total. The average molecular weight is 210 g/mol. The number of ether oxygens (including phenoxy) is 1. The van der Waals surface area contributed by atoms with Crippen LogP contribution in [0.5, 0.6) is 0 Å². The second-order valence-corrected chi connectivity index (χ2v) is 6.03. The lowest BCUT2D eigenvalue weighted by Crippen LogP contribution is -2.26. The van der Waals surface area contributed by atoms with E-state index in [0.717, 1.165) is 6.42 Å². The summed E-state index contributed by atoms with van der Waals surface area (Å²) in [5, 5.41) is 9.32. The molecule has 3 aliphatic rings. The molecular weight excluding hydrogens is 188 g/mol. The molecule has 86 valence electrons. The van der Waals surface area contributed by atoms with E-state index in [0.29, 0.717) is 12.7 Å². The fourth-order valence-electron chi connectivity index (χ4n) is 3.51. The fourth-order valence-corrected chi connectivity index (χ4v) is 3.51. The van der Waals surface area contributed by atoms with Gasteiger partial charge in [0.25, 0.3) is 0 Å². The van der Waals surface area contributed by atoms with Crippen LogP contribution in [0.2, 0.25) is 0 Å². The van der Waals surface area contributed by atoms with E-state index in [9.17, 15) is 5.11 Å². The molecular formula is C13H22O2. The molecule has 1 spiro atoms. The maximum atomic E-state index is 9.32. The Balaban J connectivity index is 1.57. The van der Waals surface area contributed by atoms with Crippen molar-refractivity contribution in [3.8, 4) is 0 Å². The summed E-state index contributed by atoms with van der Waals surface area (Å²) in [6.45, 7) is 0.375. The van der Waals surface area contributed by atoms with Crippen molar-refractivity contribution in [1.29, 1.82) is 0 Å². The molecule has 2 saturated carbocycles. The molecule has 15 heavy (non-hydrogen) atoms. The van der Waals surface area contributed by atoms with Gasteiger partial charge in [0.2, 0.25) is 0 Å². The van der Waals surface area contributed by atoms with Crippen LogP contribution < -0.4 is 0 Å². The topological polar surface area (TPSA) is 29.5 Å². The van der Waals surface area contributed by atoms with Crippen molar-refractivity contribution in [2.24, 2.45) is 5.41 Å². The van der Waals surface area contributed by atoms with Gasteiger partial charge in [-0.15, -0.1) is 0 Å². The Bertz CT molecular complexity index is 239. The van der Waals surface area contributed by atoms with Gasteiger partial charge >= 0.3 is 0 Å². The first-order chi connectivity index (χ1) is 7.26. The lowest BCUT2D eigenvalue weighted by molar-refractivity contribution is -0.0488. The van der Waals surface area contributed by atoms with Crippen LogP contribution in [0.15, 0.2) is 0 Å². The highest BCUT2D eigenvalue weighted by atomic mass is 16.5. The second kappa shape index (κ2) is 3.46. The zero-order chi connectivity index (χ0) is 10.4. The van der Waals surface area contributed by atoms with Crippen LogP contribution in [0, 0.1) is 5.41 Å². The highest BCUT2D eigenvalue weighted by molar-refractivity contribution is 4.99. The molecule has 0 radical (unpaired) electrons. The lowest BCUT2D eigenvalue weighted by atomic mass is 9.95. The van der Waals surface area contributed by atoms with E-state index in [2.05, 4.69) is 0 Å². The molecule has 3 fully saturated rings. The SMILES string of the molecule is OCC1(CC2CCC3(CCCC3)O2)CC1. The van der Waals surface area contributed by atoms with Gasteiger partial charge in [-0.2, -0.15) is 0 Å². The summed E-state index contributed by atoms with van der Waals surface area (Å²) in [6.07, 6.45) is 11.8. The third-order valence-electron chi connectivity index (χ3n) is 4.81. The van der Waals surface area contributed by atoms with Crippen molar-refractivity contribution in [2.75, 3.05) is 6.61 Å². The maximum absolute atomic E-state index is 9.32. The summed E-state index contributed by atoms with van der Waals surface area (Å²) in [5.41, 5.74) is 0.547. The third-order valence-corrected chi connectivity index (χ3v) is 4.81. The van der Waals surface area contributed by atoms with Crippen LogP contribution in [0.4, 0.5) is 0 Å². The van der Waals surface area contributed by atoms with Gasteiger partial charge in [-0.1, -0.05) is 12.8 Å². The summed E-state index contributed by atoms with van der Waals surface area (Å²) in [4.78, 5) is 0. The number of hydrogen-bond donors (Lipinski definition) is 1. The monoisotopic (exact) mass is 210 g/mol.